The van der Waals surface area contributed by atoms with Crippen LogP contribution in [0.3, 0.4) is 0 Å². The molecule has 0 atom stereocenters. The number of para-hydroxylation sites is 3. The van der Waals surface area contributed by atoms with Gasteiger partial charge in [0, 0.05) is 12.0 Å². The van der Waals surface area contributed by atoms with E-state index in [1.807, 2.05) is 42.5 Å². The monoisotopic (exact) mass is 320 g/mol. The van der Waals surface area contributed by atoms with Gasteiger partial charge in [-0.3, -0.25) is 4.79 Å². The maximum absolute atomic E-state index is 12.4. The number of carbonyl (C=O) groups is 1. The van der Waals surface area contributed by atoms with Crippen molar-refractivity contribution in [2.24, 2.45) is 0 Å². The fourth-order valence-corrected chi connectivity index (χ4v) is 2.42. The zero-order chi connectivity index (χ0) is 16.4. The van der Waals surface area contributed by atoms with E-state index in [-0.39, 0.29) is 11.6 Å². The first-order chi connectivity index (χ1) is 11.8. The van der Waals surface area contributed by atoms with Crippen molar-refractivity contribution in [3.8, 4) is 11.5 Å². The number of nitrogens with zero attached hydrogens (tertiary/aromatic N) is 1. The van der Waals surface area contributed by atoms with Crippen molar-refractivity contribution in [3.05, 3.63) is 72.1 Å². The Morgan fingerprint density at radius 2 is 1.83 bits per heavy atom. The topological polar surface area (TPSA) is 64.4 Å². The highest BCUT2D eigenvalue weighted by Gasteiger charge is 2.29. The number of aromatic nitrogens is 1. The molecule has 0 aliphatic heterocycles. The van der Waals surface area contributed by atoms with Crippen LogP contribution in [0.5, 0.6) is 11.5 Å². The molecule has 1 fully saturated rings. The van der Waals surface area contributed by atoms with Crippen LogP contribution in [0.15, 0.2) is 65.2 Å². The quantitative estimate of drug-likeness (QED) is 0.746. The molecule has 0 radical (unpaired) electrons. The summed E-state index contributed by atoms with van der Waals surface area (Å²) >= 11 is 0. The lowest BCUT2D eigenvalue weighted by atomic mass is 10.2. The number of anilines is 1. The SMILES string of the molecule is O=C(Nc1ccccc1Oc1ccccc1)c1cc(C2CC2)on1. The van der Waals surface area contributed by atoms with E-state index in [0.717, 1.165) is 18.6 Å². The molecule has 0 bridgehead atoms. The van der Waals surface area contributed by atoms with Gasteiger partial charge in [-0.05, 0) is 37.1 Å². The number of ether oxygens (including phenoxy) is 1. The van der Waals surface area contributed by atoms with Crippen LogP contribution in [0.25, 0.3) is 0 Å². The molecule has 5 nitrogen and oxygen atoms in total. The molecular formula is C19H16N2O3. The molecule has 1 aliphatic carbocycles. The molecule has 1 amide bonds. The second-order valence-electron chi connectivity index (χ2n) is 5.75. The lowest BCUT2D eigenvalue weighted by molar-refractivity contribution is 0.101. The van der Waals surface area contributed by atoms with Gasteiger partial charge in [-0.1, -0.05) is 35.5 Å². The largest absolute Gasteiger partial charge is 0.455 e. The number of benzene rings is 2. The molecule has 24 heavy (non-hydrogen) atoms. The molecule has 3 aromatic rings. The van der Waals surface area contributed by atoms with Gasteiger partial charge in [-0.25, -0.2) is 0 Å². The number of carbonyl (C=O) groups excluding carboxylic acids is 1. The normalized spacial score (nSPS) is 13.5. The summed E-state index contributed by atoms with van der Waals surface area (Å²) in [6.07, 6.45) is 2.20. The highest BCUT2D eigenvalue weighted by Crippen LogP contribution is 2.40. The Balaban J connectivity index is 1.52. The second-order valence-corrected chi connectivity index (χ2v) is 5.75. The van der Waals surface area contributed by atoms with E-state index in [2.05, 4.69) is 10.5 Å². The van der Waals surface area contributed by atoms with Gasteiger partial charge in [0.15, 0.2) is 11.4 Å². The minimum Gasteiger partial charge on any atom is -0.455 e. The summed E-state index contributed by atoms with van der Waals surface area (Å²) in [6.45, 7) is 0. The molecule has 2 aromatic carbocycles. The van der Waals surface area contributed by atoms with Crippen LogP contribution in [0, 0.1) is 0 Å². The highest BCUT2D eigenvalue weighted by molar-refractivity contribution is 6.03. The molecule has 1 heterocycles. The van der Waals surface area contributed by atoms with E-state index >= 15 is 0 Å². The van der Waals surface area contributed by atoms with Gasteiger partial charge in [0.2, 0.25) is 0 Å². The lowest BCUT2D eigenvalue weighted by Crippen LogP contribution is -2.12. The highest BCUT2D eigenvalue weighted by atomic mass is 16.5. The average molecular weight is 320 g/mol. The number of nitrogens with one attached hydrogen (secondary N) is 1. The summed E-state index contributed by atoms with van der Waals surface area (Å²) in [7, 11) is 0. The first kappa shape index (κ1) is 14.5. The van der Waals surface area contributed by atoms with Crippen LogP contribution >= 0.6 is 0 Å². The fourth-order valence-electron chi connectivity index (χ4n) is 2.42. The number of hydrogen-bond acceptors (Lipinski definition) is 4. The molecule has 4 rings (SSSR count). The first-order valence-electron chi connectivity index (χ1n) is 7.89. The Kier molecular flexibility index (Phi) is 3.75. The molecule has 5 heteroatoms. The number of rotatable bonds is 5. The Hall–Kier alpha value is -3.08. The van der Waals surface area contributed by atoms with Crippen LogP contribution in [-0.2, 0) is 0 Å². The van der Waals surface area contributed by atoms with Gasteiger partial charge in [0.05, 0.1) is 5.69 Å². The molecule has 0 saturated heterocycles. The van der Waals surface area contributed by atoms with Crippen LogP contribution in [0.1, 0.15) is 35.0 Å². The molecule has 0 unspecified atom stereocenters. The van der Waals surface area contributed by atoms with E-state index in [4.69, 9.17) is 9.26 Å². The summed E-state index contributed by atoms with van der Waals surface area (Å²) in [5.41, 5.74) is 0.869. The average Bonchev–Trinajstić information content (AvgIpc) is 3.34. The summed E-state index contributed by atoms with van der Waals surface area (Å²) < 4.78 is 11.1. The van der Waals surface area contributed by atoms with Gasteiger partial charge in [0.25, 0.3) is 5.91 Å². The van der Waals surface area contributed by atoms with Crippen LogP contribution in [0.4, 0.5) is 5.69 Å². The van der Waals surface area contributed by atoms with Crippen molar-refractivity contribution >= 4 is 11.6 Å². The molecule has 1 aliphatic rings. The van der Waals surface area contributed by atoms with Gasteiger partial charge < -0.3 is 14.6 Å². The van der Waals surface area contributed by atoms with Gasteiger partial charge >= 0.3 is 0 Å². The van der Waals surface area contributed by atoms with E-state index in [1.54, 1.807) is 18.2 Å². The maximum Gasteiger partial charge on any atom is 0.277 e. The third-order valence-electron chi connectivity index (χ3n) is 3.85. The van der Waals surface area contributed by atoms with E-state index < -0.39 is 0 Å². The molecule has 120 valence electrons. The summed E-state index contributed by atoms with van der Waals surface area (Å²) in [4.78, 5) is 12.4. The fraction of sp³-hybridized carbons (Fsp3) is 0.158. The molecular weight excluding hydrogens is 304 g/mol. The van der Waals surface area contributed by atoms with Crippen molar-refractivity contribution in [1.29, 1.82) is 0 Å². The molecule has 1 N–H and O–H groups in total. The number of hydrogen-bond donors (Lipinski definition) is 1. The summed E-state index contributed by atoms with van der Waals surface area (Å²) in [6, 6.07) is 18.4. The Labute approximate surface area is 139 Å². The van der Waals surface area contributed by atoms with Gasteiger partial charge in [0.1, 0.15) is 11.5 Å². The number of amides is 1. The van der Waals surface area contributed by atoms with E-state index in [9.17, 15) is 4.79 Å². The predicted octanol–water partition coefficient (Wildman–Crippen LogP) is 4.60. The van der Waals surface area contributed by atoms with E-state index in [0.29, 0.717) is 23.1 Å². The standard InChI is InChI=1S/C19H16N2O3/c22-19(16-12-18(24-21-16)13-10-11-13)20-15-8-4-5-9-17(15)23-14-6-2-1-3-7-14/h1-9,12-13H,10-11H2,(H,20,22). The van der Waals surface area contributed by atoms with E-state index in [1.165, 1.54) is 0 Å². The van der Waals surface area contributed by atoms with Crippen molar-refractivity contribution in [1.82, 2.24) is 5.16 Å². The van der Waals surface area contributed by atoms with Crippen molar-refractivity contribution < 1.29 is 14.1 Å². The second kappa shape index (κ2) is 6.20. The van der Waals surface area contributed by atoms with Gasteiger partial charge in [-0.15, -0.1) is 0 Å². The Morgan fingerprint density at radius 1 is 1.08 bits per heavy atom. The Bertz CT molecular complexity index is 854. The molecule has 0 spiro atoms. The van der Waals surface area contributed by atoms with Gasteiger partial charge in [-0.2, -0.15) is 0 Å². The van der Waals surface area contributed by atoms with Crippen LogP contribution in [-0.4, -0.2) is 11.1 Å². The van der Waals surface area contributed by atoms with Crippen molar-refractivity contribution in [2.45, 2.75) is 18.8 Å². The smallest absolute Gasteiger partial charge is 0.277 e. The molecule has 1 aromatic heterocycles. The summed E-state index contributed by atoms with van der Waals surface area (Å²) in [5.74, 6) is 2.18. The third-order valence-corrected chi connectivity index (χ3v) is 3.85. The van der Waals surface area contributed by atoms with Crippen LogP contribution in [0.2, 0.25) is 0 Å². The third kappa shape index (κ3) is 3.15. The first-order valence-corrected chi connectivity index (χ1v) is 7.89. The predicted molar refractivity (Wildman–Crippen MR) is 89.4 cm³/mol. The Morgan fingerprint density at radius 3 is 2.62 bits per heavy atom. The zero-order valence-electron chi connectivity index (χ0n) is 12.9. The maximum atomic E-state index is 12.4. The zero-order valence-corrected chi connectivity index (χ0v) is 12.9. The minimum atomic E-state index is -0.310. The van der Waals surface area contributed by atoms with Crippen molar-refractivity contribution in [3.63, 3.8) is 0 Å². The van der Waals surface area contributed by atoms with Crippen molar-refractivity contribution in [2.75, 3.05) is 5.32 Å². The summed E-state index contributed by atoms with van der Waals surface area (Å²) in [5, 5.41) is 6.69. The minimum absolute atomic E-state index is 0.284. The van der Waals surface area contributed by atoms with Crippen LogP contribution < -0.4 is 10.1 Å². The lowest BCUT2D eigenvalue weighted by Gasteiger charge is -2.11. The molecule has 1 saturated carbocycles.